The molecule has 0 spiro atoms. The van der Waals surface area contributed by atoms with Gasteiger partial charge in [0.05, 0.1) is 5.56 Å². The number of ketones is 1. The van der Waals surface area contributed by atoms with Crippen LogP contribution in [0, 0.1) is 11.6 Å². The van der Waals surface area contributed by atoms with Gasteiger partial charge in [-0.15, -0.1) is 0 Å². The lowest BCUT2D eigenvalue weighted by molar-refractivity contribution is 0.0940. The number of anilines is 4. The maximum Gasteiger partial charge on any atom is 0.251 e. The molecule has 8 nitrogen and oxygen atoms in total. The monoisotopic (exact) mass is 536 g/mol. The van der Waals surface area contributed by atoms with E-state index < -0.39 is 23.0 Å². The van der Waals surface area contributed by atoms with Crippen LogP contribution in [0.4, 0.5) is 31.2 Å². The molecule has 38 heavy (non-hydrogen) atoms. The minimum absolute atomic E-state index is 0.0756. The molecule has 11 heteroatoms. The second-order valence-electron chi connectivity index (χ2n) is 8.46. The number of nitrogen functional groups attached to an aromatic ring is 1. The molecule has 4 rings (SSSR count). The van der Waals surface area contributed by atoms with Crippen molar-refractivity contribution in [2.45, 2.75) is 19.9 Å². The molecule has 4 aromatic rings. The molecule has 0 aliphatic carbocycles. The molecule has 0 aliphatic rings. The highest BCUT2D eigenvalue weighted by atomic mass is 32.1. The van der Waals surface area contributed by atoms with Crippen molar-refractivity contribution < 1.29 is 18.4 Å². The Morgan fingerprint density at radius 2 is 1.76 bits per heavy atom. The van der Waals surface area contributed by atoms with Crippen LogP contribution in [0.1, 0.15) is 39.4 Å². The Hall–Kier alpha value is -4.38. The van der Waals surface area contributed by atoms with E-state index in [1.165, 1.54) is 6.07 Å². The number of aromatic nitrogens is 2. The van der Waals surface area contributed by atoms with Gasteiger partial charge in [0.2, 0.25) is 5.78 Å². The number of nitrogens with zero attached hydrogens (tertiary/aromatic N) is 3. The van der Waals surface area contributed by atoms with Crippen LogP contribution in [-0.4, -0.2) is 40.8 Å². The third-order valence-corrected chi connectivity index (χ3v) is 6.66. The van der Waals surface area contributed by atoms with Crippen molar-refractivity contribution in [1.82, 2.24) is 15.3 Å². The number of benzene rings is 2. The Morgan fingerprint density at radius 3 is 2.39 bits per heavy atom. The summed E-state index contributed by atoms with van der Waals surface area (Å²) in [6, 6.07) is 15.4. The van der Waals surface area contributed by atoms with Crippen molar-refractivity contribution in [1.29, 1.82) is 0 Å². The average molecular weight is 537 g/mol. The zero-order chi connectivity index (χ0) is 27.2. The lowest BCUT2D eigenvalue weighted by atomic mass is 10.1. The molecular weight excluding hydrogens is 510 g/mol. The van der Waals surface area contributed by atoms with E-state index in [0.29, 0.717) is 17.8 Å². The summed E-state index contributed by atoms with van der Waals surface area (Å²) in [4.78, 5) is 35.9. The van der Waals surface area contributed by atoms with Gasteiger partial charge in [-0.2, -0.15) is 0 Å². The minimum atomic E-state index is -0.973. The van der Waals surface area contributed by atoms with Crippen LogP contribution in [-0.2, 0) is 0 Å². The molecule has 0 radical (unpaired) electrons. The van der Waals surface area contributed by atoms with E-state index in [2.05, 4.69) is 25.5 Å². The molecule has 0 bridgehead atoms. The first kappa shape index (κ1) is 26.7. The number of nitrogens with one attached hydrogen (secondary N) is 2. The number of pyridine rings is 1. The predicted octanol–water partition coefficient (Wildman–Crippen LogP) is 5.02. The lowest BCUT2D eigenvalue weighted by Crippen LogP contribution is -2.42. The van der Waals surface area contributed by atoms with Crippen molar-refractivity contribution in [2.24, 2.45) is 0 Å². The molecule has 2 heterocycles. The van der Waals surface area contributed by atoms with Gasteiger partial charge in [-0.05, 0) is 62.4 Å². The fourth-order valence-electron chi connectivity index (χ4n) is 3.81. The van der Waals surface area contributed by atoms with E-state index in [4.69, 9.17) is 5.73 Å². The van der Waals surface area contributed by atoms with Crippen LogP contribution in [0.15, 0.2) is 66.9 Å². The third-order valence-electron chi connectivity index (χ3n) is 5.67. The molecule has 196 valence electrons. The van der Waals surface area contributed by atoms with Crippen LogP contribution in [0.3, 0.4) is 0 Å². The molecule has 2 aromatic carbocycles. The topological polar surface area (TPSA) is 113 Å². The zero-order valence-corrected chi connectivity index (χ0v) is 21.6. The number of likely N-dealkylation sites (N-methyl/N-ethyl adjacent to an activating group) is 1. The SMILES string of the molecule is CCN(C[C@@H](C)NC(=O)c1ccc(Nc2nc(N)c(C(=O)c3c(F)cccc3F)s2)cc1)c1ccccn1. The van der Waals surface area contributed by atoms with Gasteiger partial charge in [0, 0.05) is 36.6 Å². The summed E-state index contributed by atoms with van der Waals surface area (Å²) in [7, 11) is 0. The van der Waals surface area contributed by atoms with Crippen LogP contribution in [0.2, 0.25) is 0 Å². The standard InChI is InChI=1S/C27H26F2N6O2S/c1-3-35(21-9-4-5-14-31-21)15-16(2)32-26(37)17-10-12-18(13-11-17)33-27-34-25(30)24(38-27)23(36)22-19(28)7-6-8-20(22)29/h4-14,16H,3,15,30H2,1-2H3,(H,32,37)(H,33,34)/t16-/m1/s1. The van der Waals surface area contributed by atoms with Crippen molar-refractivity contribution in [3.8, 4) is 0 Å². The summed E-state index contributed by atoms with van der Waals surface area (Å²) in [5.41, 5.74) is 6.23. The number of nitrogens with two attached hydrogens (primary N) is 1. The van der Waals surface area contributed by atoms with Gasteiger partial charge in [-0.3, -0.25) is 9.59 Å². The highest BCUT2D eigenvalue weighted by molar-refractivity contribution is 7.18. The van der Waals surface area contributed by atoms with Crippen molar-refractivity contribution in [2.75, 3.05) is 29.0 Å². The normalized spacial score (nSPS) is 11.6. The number of amides is 1. The number of rotatable bonds is 10. The van der Waals surface area contributed by atoms with E-state index >= 15 is 0 Å². The van der Waals surface area contributed by atoms with Crippen molar-refractivity contribution in [3.05, 3.63) is 94.5 Å². The first-order valence-corrected chi connectivity index (χ1v) is 12.7. The summed E-state index contributed by atoms with van der Waals surface area (Å²) in [6.45, 7) is 5.31. The molecule has 4 N–H and O–H groups in total. The van der Waals surface area contributed by atoms with Gasteiger partial charge >= 0.3 is 0 Å². The van der Waals surface area contributed by atoms with E-state index in [1.54, 1.807) is 30.5 Å². The van der Waals surface area contributed by atoms with Crippen molar-refractivity contribution in [3.63, 3.8) is 0 Å². The molecule has 0 unspecified atom stereocenters. The van der Waals surface area contributed by atoms with Gasteiger partial charge in [0.25, 0.3) is 5.91 Å². The Bertz CT molecular complexity index is 1410. The predicted molar refractivity (Wildman–Crippen MR) is 145 cm³/mol. The molecular formula is C27H26F2N6O2S. The number of carbonyl (C=O) groups is 2. The lowest BCUT2D eigenvalue weighted by Gasteiger charge is -2.26. The Morgan fingerprint density at radius 1 is 1.05 bits per heavy atom. The first-order chi connectivity index (χ1) is 18.3. The second-order valence-corrected chi connectivity index (χ2v) is 9.46. The number of halogens is 2. The van der Waals surface area contributed by atoms with Gasteiger partial charge < -0.3 is 21.3 Å². The summed E-state index contributed by atoms with van der Waals surface area (Å²) < 4.78 is 28.1. The highest BCUT2D eigenvalue weighted by Gasteiger charge is 2.24. The average Bonchev–Trinajstić information content (AvgIpc) is 3.27. The summed E-state index contributed by atoms with van der Waals surface area (Å²) in [6.07, 6.45) is 1.73. The number of thiazole rings is 1. The number of hydrogen-bond acceptors (Lipinski definition) is 8. The number of hydrogen-bond donors (Lipinski definition) is 3. The van der Waals surface area contributed by atoms with E-state index in [0.717, 1.165) is 35.8 Å². The Labute approximate surface area is 222 Å². The van der Waals surface area contributed by atoms with Gasteiger partial charge in [-0.25, -0.2) is 18.7 Å². The Kier molecular flexibility index (Phi) is 8.27. The van der Waals surface area contributed by atoms with Gasteiger partial charge in [0.15, 0.2) is 5.13 Å². The van der Waals surface area contributed by atoms with E-state index in [1.807, 2.05) is 32.0 Å². The second kappa shape index (κ2) is 11.8. The first-order valence-electron chi connectivity index (χ1n) is 11.9. The molecule has 2 aromatic heterocycles. The molecule has 1 amide bonds. The number of carbonyl (C=O) groups excluding carboxylic acids is 2. The molecule has 0 saturated heterocycles. The molecule has 0 fully saturated rings. The van der Waals surface area contributed by atoms with E-state index in [-0.39, 0.29) is 27.8 Å². The van der Waals surface area contributed by atoms with Gasteiger partial charge in [0.1, 0.15) is 28.1 Å². The van der Waals surface area contributed by atoms with Crippen LogP contribution < -0.4 is 21.3 Å². The molecule has 0 aliphatic heterocycles. The molecule has 0 saturated carbocycles. The minimum Gasteiger partial charge on any atom is -0.382 e. The largest absolute Gasteiger partial charge is 0.382 e. The zero-order valence-electron chi connectivity index (χ0n) is 20.7. The fourth-order valence-corrected chi connectivity index (χ4v) is 4.66. The van der Waals surface area contributed by atoms with Crippen LogP contribution in [0.25, 0.3) is 0 Å². The van der Waals surface area contributed by atoms with Gasteiger partial charge in [-0.1, -0.05) is 23.5 Å². The van der Waals surface area contributed by atoms with Crippen LogP contribution >= 0.6 is 11.3 Å². The summed E-state index contributed by atoms with van der Waals surface area (Å²) >= 11 is 0.880. The quantitative estimate of drug-likeness (QED) is 0.244. The highest BCUT2D eigenvalue weighted by Crippen LogP contribution is 2.31. The fraction of sp³-hybridized carbons (Fsp3) is 0.185. The third kappa shape index (κ3) is 6.12. The van der Waals surface area contributed by atoms with E-state index in [9.17, 15) is 18.4 Å². The Balaban J connectivity index is 1.38. The smallest absolute Gasteiger partial charge is 0.251 e. The maximum atomic E-state index is 14.0. The maximum absolute atomic E-state index is 14.0. The van der Waals surface area contributed by atoms with Crippen LogP contribution in [0.5, 0.6) is 0 Å². The summed E-state index contributed by atoms with van der Waals surface area (Å²) in [5, 5.41) is 6.26. The molecule has 1 atom stereocenters. The van der Waals surface area contributed by atoms with Crippen molar-refractivity contribution >= 4 is 45.5 Å². The summed E-state index contributed by atoms with van der Waals surface area (Å²) in [5.74, 6) is -2.34.